The maximum Gasteiger partial charge on any atom is 0.124 e. The number of nitrogens with zero attached hydrogens (tertiary/aromatic N) is 1. The summed E-state index contributed by atoms with van der Waals surface area (Å²) in [6.45, 7) is 9.59. The number of hydrogen-bond donors (Lipinski definition) is 0. The molecular weight excluding hydrogens is 422 g/mol. The standard InChI is InChI=1S/C27H33NOS.ClH/c1-16-6-12-20-23(14-16)30-26-25(20)24(17-7-10-19(29-5)11-8-17)21-15-18(27(2,3)4)9-13-22(21)28-26;/h7-8,10-11,16,18H,6,9,12-15H2,1-5H3;1H. The molecule has 2 atom stereocenters. The first-order valence-corrected chi connectivity index (χ1v) is 12.3. The fraction of sp³-hybridized carbons (Fsp3) is 0.519. The number of halogens is 1. The predicted octanol–water partition coefficient (Wildman–Crippen LogP) is 7.67. The lowest BCUT2D eigenvalue weighted by atomic mass is 9.70. The van der Waals surface area contributed by atoms with Gasteiger partial charge in [0.05, 0.1) is 7.11 Å². The molecule has 166 valence electrons. The molecule has 0 saturated heterocycles. The Bertz CT molecular complexity index is 1090. The highest BCUT2D eigenvalue weighted by molar-refractivity contribution is 7.19. The van der Waals surface area contributed by atoms with Crippen LogP contribution in [0.15, 0.2) is 24.3 Å². The van der Waals surface area contributed by atoms with Gasteiger partial charge in [-0.2, -0.15) is 0 Å². The van der Waals surface area contributed by atoms with Crippen LogP contribution < -0.4 is 4.74 Å². The number of hydrogen-bond acceptors (Lipinski definition) is 3. The van der Waals surface area contributed by atoms with Gasteiger partial charge < -0.3 is 4.74 Å². The van der Waals surface area contributed by atoms with Gasteiger partial charge in [0.1, 0.15) is 10.6 Å². The highest BCUT2D eigenvalue weighted by Gasteiger charge is 2.33. The van der Waals surface area contributed by atoms with Gasteiger partial charge in [0.15, 0.2) is 0 Å². The molecule has 2 nitrogen and oxygen atoms in total. The molecule has 0 spiro atoms. The second kappa shape index (κ2) is 8.41. The van der Waals surface area contributed by atoms with Crippen molar-refractivity contribution in [3.05, 3.63) is 46.0 Å². The summed E-state index contributed by atoms with van der Waals surface area (Å²) in [5.41, 5.74) is 7.57. The van der Waals surface area contributed by atoms with Gasteiger partial charge in [0.2, 0.25) is 0 Å². The topological polar surface area (TPSA) is 22.1 Å². The first-order chi connectivity index (χ1) is 14.3. The van der Waals surface area contributed by atoms with Crippen molar-refractivity contribution in [3.63, 3.8) is 0 Å². The molecule has 0 bridgehead atoms. The molecule has 2 aliphatic carbocycles. The van der Waals surface area contributed by atoms with E-state index < -0.39 is 0 Å². The minimum absolute atomic E-state index is 0. The third-order valence-corrected chi connectivity index (χ3v) is 8.56. The summed E-state index contributed by atoms with van der Waals surface area (Å²) in [6, 6.07) is 8.73. The van der Waals surface area contributed by atoms with E-state index in [1.54, 1.807) is 17.6 Å². The third kappa shape index (κ3) is 4.00. The van der Waals surface area contributed by atoms with E-state index in [4.69, 9.17) is 9.72 Å². The second-order valence-corrected chi connectivity index (χ2v) is 11.6. The molecule has 4 heteroatoms. The maximum atomic E-state index is 5.44. The number of aromatic nitrogens is 1. The number of aryl methyl sites for hydroxylation is 2. The summed E-state index contributed by atoms with van der Waals surface area (Å²) in [5, 5.41) is 1.46. The zero-order valence-electron chi connectivity index (χ0n) is 19.4. The van der Waals surface area contributed by atoms with Crippen LogP contribution in [0.4, 0.5) is 0 Å². The molecule has 0 aliphatic heterocycles. The Morgan fingerprint density at radius 1 is 1.00 bits per heavy atom. The average molecular weight is 456 g/mol. The smallest absolute Gasteiger partial charge is 0.124 e. The van der Waals surface area contributed by atoms with Gasteiger partial charge in [-0.15, -0.1) is 23.7 Å². The molecule has 0 N–H and O–H groups in total. The van der Waals surface area contributed by atoms with Crippen molar-refractivity contribution in [2.24, 2.45) is 17.3 Å². The average Bonchev–Trinajstić information content (AvgIpc) is 3.07. The van der Waals surface area contributed by atoms with Crippen LogP contribution in [0.2, 0.25) is 0 Å². The molecule has 3 aromatic rings. The van der Waals surface area contributed by atoms with Crippen LogP contribution >= 0.6 is 23.7 Å². The van der Waals surface area contributed by atoms with Crippen LogP contribution in [0, 0.1) is 17.3 Å². The minimum atomic E-state index is 0. The Morgan fingerprint density at radius 3 is 2.42 bits per heavy atom. The number of benzene rings is 1. The van der Waals surface area contributed by atoms with Crippen molar-refractivity contribution in [3.8, 4) is 16.9 Å². The van der Waals surface area contributed by atoms with E-state index in [1.165, 1.54) is 58.3 Å². The first kappa shape index (κ1) is 22.6. The van der Waals surface area contributed by atoms with Crippen LogP contribution in [0.25, 0.3) is 21.3 Å². The van der Waals surface area contributed by atoms with E-state index in [2.05, 4.69) is 52.0 Å². The van der Waals surface area contributed by atoms with Crippen molar-refractivity contribution in [1.82, 2.24) is 4.98 Å². The zero-order chi connectivity index (χ0) is 21.0. The van der Waals surface area contributed by atoms with Crippen LogP contribution in [-0.4, -0.2) is 12.1 Å². The highest BCUT2D eigenvalue weighted by Crippen LogP contribution is 2.47. The van der Waals surface area contributed by atoms with Gasteiger partial charge in [0, 0.05) is 16.0 Å². The predicted molar refractivity (Wildman–Crippen MR) is 135 cm³/mol. The number of ether oxygens (including phenoxy) is 1. The molecule has 2 aromatic heterocycles. The van der Waals surface area contributed by atoms with E-state index in [1.807, 2.05) is 11.3 Å². The highest BCUT2D eigenvalue weighted by atomic mass is 35.5. The largest absolute Gasteiger partial charge is 0.497 e. The monoisotopic (exact) mass is 455 g/mol. The molecule has 31 heavy (non-hydrogen) atoms. The SMILES string of the molecule is COc1ccc(-c2c3c(nc4sc5c(c24)CCC(C)C5)CCC(C(C)(C)C)C3)cc1.Cl. The molecular formula is C27H34ClNOS. The van der Waals surface area contributed by atoms with E-state index >= 15 is 0 Å². The van der Waals surface area contributed by atoms with E-state index in [-0.39, 0.29) is 12.4 Å². The molecule has 2 unspecified atom stereocenters. The van der Waals surface area contributed by atoms with Crippen LogP contribution in [0.3, 0.4) is 0 Å². The normalized spacial score (nSPS) is 20.7. The van der Waals surface area contributed by atoms with Crippen molar-refractivity contribution >= 4 is 34.0 Å². The maximum absolute atomic E-state index is 5.44. The number of rotatable bonds is 2. The van der Waals surface area contributed by atoms with Gasteiger partial charge >= 0.3 is 0 Å². The van der Waals surface area contributed by atoms with Crippen molar-refractivity contribution < 1.29 is 4.74 Å². The first-order valence-electron chi connectivity index (χ1n) is 11.5. The lowest BCUT2D eigenvalue weighted by Crippen LogP contribution is -2.27. The van der Waals surface area contributed by atoms with Gasteiger partial charge in [-0.3, -0.25) is 0 Å². The Balaban J connectivity index is 0.00000231. The Kier molecular flexibility index (Phi) is 6.13. The van der Waals surface area contributed by atoms with Crippen molar-refractivity contribution in [2.45, 2.75) is 66.2 Å². The molecule has 0 radical (unpaired) electrons. The van der Waals surface area contributed by atoms with E-state index in [0.29, 0.717) is 11.3 Å². The van der Waals surface area contributed by atoms with Crippen LogP contribution in [-0.2, 0) is 25.7 Å². The summed E-state index contributed by atoms with van der Waals surface area (Å²) < 4.78 is 5.44. The second-order valence-electron chi connectivity index (χ2n) is 10.5. The summed E-state index contributed by atoms with van der Waals surface area (Å²) in [6.07, 6.45) is 7.21. The Labute approximate surface area is 196 Å². The molecule has 2 heterocycles. The summed E-state index contributed by atoms with van der Waals surface area (Å²) in [4.78, 5) is 8.13. The van der Waals surface area contributed by atoms with E-state index in [9.17, 15) is 0 Å². The zero-order valence-corrected chi connectivity index (χ0v) is 21.0. The molecule has 2 aliphatic rings. The summed E-state index contributed by atoms with van der Waals surface area (Å²) in [7, 11) is 1.74. The number of fused-ring (bicyclic) bond motifs is 4. The molecule has 0 saturated carbocycles. The molecule has 0 amide bonds. The Hall–Kier alpha value is -1.58. The van der Waals surface area contributed by atoms with Gasteiger partial charge in [-0.25, -0.2) is 4.98 Å². The lowest BCUT2D eigenvalue weighted by molar-refractivity contribution is 0.215. The summed E-state index contributed by atoms with van der Waals surface area (Å²) in [5.74, 6) is 2.41. The van der Waals surface area contributed by atoms with Crippen LogP contribution in [0.1, 0.15) is 62.2 Å². The van der Waals surface area contributed by atoms with Crippen molar-refractivity contribution in [2.75, 3.05) is 7.11 Å². The van der Waals surface area contributed by atoms with Gasteiger partial charge in [-0.05, 0) is 90.2 Å². The summed E-state index contributed by atoms with van der Waals surface area (Å²) >= 11 is 1.96. The fourth-order valence-corrected chi connectivity index (χ4v) is 6.87. The van der Waals surface area contributed by atoms with Gasteiger partial charge in [-0.1, -0.05) is 39.8 Å². The number of pyridine rings is 1. The Morgan fingerprint density at radius 2 is 1.74 bits per heavy atom. The molecule has 1 aromatic carbocycles. The number of methoxy groups -OCH3 is 1. The molecule has 5 rings (SSSR count). The van der Waals surface area contributed by atoms with Crippen molar-refractivity contribution in [1.29, 1.82) is 0 Å². The van der Waals surface area contributed by atoms with E-state index in [0.717, 1.165) is 24.5 Å². The van der Waals surface area contributed by atoms with Gasteiger partial charge in [0.25, 0.3) is 0 Å². The quantitative estimate of drug-likeness (QED) is 0.395. The van der Waals surface area contributed by atoms with Crippen LogP contribution in [0.5, 0.6) is 5.75 Å². The fourth-order valence-electron chi connectivity index (χ4n) is 5.46. The third-order valence-electron chi connectivity index (χ3n) is 7.41. The lowest BCUT2D eigenvalue weighted by Gasteiger charge is -2.35. The number of thiophene rings is 1. The molecule has 0 fully saturated rings. The minimum Gasteiger partial charge on any atom is -0.497 e.